The quantitative estimate of drug-likeness (QED) is 0.0999. The molecule has 3 atom stereocenters. The molecule has 3 aliphatic heterocycles. The van der Waals surface area contributed by atoms with Gasteiger partial charge in [-0.2, -0.15) is 8.42 Å². The first-order valence-electron chi connectivity index (χ1n) is 15.7. The second-order valence-corrected chi connectivity index (χ2v) is 16.0. The molecule has 252 valence electrons. The first-order chi connectivity index (χ1) is 22.6. The van der Waals surface area contributed by atoms with E-state index in [1.54, 1.807) is 5.51 Å². The lowest BCUT2D eigenvalue weighted by Gasteiger charge is -2.49. The molecule has 47 heavy (non-hydrogen) atoms. The number of rotatable bonds is 12. The Morgan fingerprint density at radius 2 is 2.09 bits per heavy atom. The molecule has 2 aromatic carbocycles. The number of sulfonamides is 1. The van der Waals surface area contributed by atoms with E-state index in [1.165, 1.54) is 54.8 Å². The van der Waals surface area contributed by atoms with E-state index in [4.69, 9.17) is 19.2 Å². The third kappa shape index (κ3) is 6.07. The number of hydrazine groups is 1. The maximum Gasteiger partial charge on any atom is 0.284 e. The van der Waals surface area contributed by atoms with Crippen LogP contribution >= 0.6 is 11.3 Å². The van der Waals surface area contributed by atoms with Crippen LogP contribution in [0.25, 0.3) is 10.2 Å². The van der Waals surface area contributed by atoms with Gasteiger partial charge in [-0.1, -0.05) is 0 Å². The van der Waals surface area contributed by atoms with Crippen LogP contribution in [0.2, 0.25) is 0 Å². The Labute approximate surface area is 277 Å². The van der Waals surface area contributed by atoms with Gasteiger partial charge in [0.1, 0.15) is 17.4 Å². The highest BCUT2D eigenvalue weighted by molar-refractivity contribution is 7.89. The molecule has 4 aliphatic rings. The third-order valence-electron chi connectivity index (χ3n) is 10.0. The molecule has 12 nitrogen and oxygen atoms in total. The van der Waals surface area contributed by atoms with Crippen molar-refractivity contribution >= 4 is 49.5 Å². The van der Waals surface area contributed by atoms with Gasteiger partial charge in [-0.15, -0.1) is 15.8 Å². The van der Waals surface area contributed by atoms with E-state index in [9.17, 15) is 17.6 Å². The smallest absolute Gasteiger partial charge is 0.284 e. The number of fused-ring (bicyclic) bond motifs is 3. The molecular formula is C32H39FN6O6S2. The second-order valence-electron chi connectivity index (χ2n) is 13.3. The van der Waals surface area contributed by atoms with E-state index in [0.717, 1.165) is 42.7 Å². The SMILES string of the molecule is COc1ccc(S(=O)(=O)N(C=O)NC(=NCCOCC23CCC(C2)OC3)C2CN(c3cc(F)cc4ncsc34)CC23CN(C)C3)cc1. The predicted octanol–water partition coefficient (Wildman–Crippen LogP) is 3.15. The second kappa shape index (κ2) is 12.6. The molecule has 4 heterocycles. The number of methoxy groups -OCH3 is 1. The van der Waals surface area contributed by atoms with Crippen LogP contribution in [0.3, 0.4) is 0 Å². The Morgan fingerprint density at radius 1 is 1.28 bits per heavy atom. The zero-order valence-electron chi connectivity index (χ0n) is 26.4. The van der Waals surface area contributed by atoms with Crippen LogP contribution in [0.4, 0.5) is 10.1 Å². The molecule has 0 radical (unpaired) electrons. The van der Waals surface area contributed by atoms with Crippen LogP contribution in [0.15, 0.2) is 51.8 Å². The van der Waals surface area contributed by atoms with Crippen molar-refractivity contribution in [1.82, 2.24) is 19.7 Å². The summed E-state index contributed by atoms with van der Waals surface area (Å²) in [6, 6.07) is 8.79. The maximum absolute atomic E-state index is 14.8. The molecule has 1 saturated carbocycles. The standard InChI is InChI=1S/C32H39FN6O6S2/c1-37-15-32(16-37)17-38(28-12-22(33)11-27-29(28)46-20-35-27)14-26(32)30(34-9-10-44-18-31-8-7-24(13-31)45-19-31)36-39(21-40)47(41,42)25-5-3-23(43-2)4-6-25/h3-6,11-12,20-21,24,26H,7-10,13-19H2,1-2H3,(H,34,36). The van der Waals surface area contributed by atoms with E-state index < -0.39 is 10.0 Å². The van der Waals surface area contributed by atoms with Crippen molar-refractivity contribution in [2.45, 2.75) is 30.3 Å². The summed E-state index contributed by atoms with van der Waals surface area (Å²) in [7, 11) is -0.775. The van der Waals surface area contributed by atoms with Crippen molar-refractivity contribution < 1.29 is 31.8 Å². The van der Waals surface area contributed by atoms with Crippen molar-refractivity contribution in [3.8, 4) is 5.75 Å². The summed E-state index contributed by atoms with van der Waals surface area (Å²) in [5.41, 5.74) is 5.71. The van der Waals surface area contributed by atoms with Gasteiger partial charge in [0.05, 0.1) is 65.9 Å². The molecular weight excluding hydrogens is 648 g/mol. The normalized spacial score (nSPS) is 25.4. The number of halogens is 1. The Hall–Kier alpha value is -3.37. The fourth-order valence-corrected chi connectivity index (χ4v) is 9.63. The van der Waals surface area contributed by atoms with Crippen LogP contribution in [0, 0.1) is 22.6 Å². The van der Waals surface area contributed by atoms with Gasteiger partial charge in [0.15, 0.2) is 0 Å². The average molecular weight is 687 g/mol. The summed E-state index contributed by atoms with van der Waals surface area (Å²) >= 11 is 1.45. The highest BCUT2D eigenvalue weighted by Crippen LogP contribution is 2.48. The Morgan fingerprint density at radius 3 is 2.74 bits per heavy atom. The number of benzene rings is 2. The molecule has 1 aliphatic carbocycles. The van der Waals surface area contributed by atoms with Gasteiger partial charge in [0.2, 0.25) is 6.41 Å². The maximum atomic E-state index is 14.8. The molecule has 1 N–H and O–H groups in total. The number of carbonyl (C=O) groups excluding carboxylic acids is 1. The van der Waals surface area contributed by atoms with E-state index in [1.807, 2.05) is 7.05 Å². The monoisotopic (exact) mass is 686 g/mol. The average Bonchev–Trinajstić information content (AvgIpc) is 3.85. The fourth-order valence-electron chi connectivity index (χ4n) is 7.79. The number of anilines is 1. The molecule has 4 fully saturated rings. The zero-order chi connectivity index (χ0) is 32.8. The van der Waals surface area contributed by atoms with Gasteiger partial charge in [-0.05, 0) is 56.6 Å². The largest absolute Gasteiger partial charge is 0.497 e. The molecule has 3 aromatic rings. The molecule has 15 heteroatoms. The number of aromatic nitrogens is 1. The fraction of sp³-hybridized carbons (Fsp3) is 0.531. The Bertz CT molecular complexity index is 1750. The van der Waals surface area contributed by atoms with Gasteiger partial charge >= 0.3 is 0 Å². The minimum atomic E-state index is -4.29. The Balaban J connectivity index is 1.17. The summed E-state index contributed by atoms with van der Waals surface area (Å²) in [6.45, 7) is 4.39. The molecule has 1 amide bonds. The number of amidine groups is 1. The molecule has 2 bridgehead atoms. The van der Waals surface area contributed by atoms with E-state index in [-0.39, 0.29) is 40.4 Å². The number of carbonyl (C=O) groups is 1. The van der Waals surface area contributed by atoms with Gasteiger partial charge in [-0.3, -0.25) is 15.2 Å². The molecule has 1 aromatic heterocycles. The van der Waals surface area contributed by atoms with E-state index >= 15 is 0 Å². The topological polar surface area (TPSA) is 126 Å². The minimum Gasteiger partial charge on any atom is -0.497 e. The van der Waals surface area contributed by atoms with Crippen LogP contribution in [0.1, 0.15) is 19.3 Å². The van der Waals surface area contributed by atoms with E-state index in [2.05, 4.69) is 20.2 Å². The molecule has 3 saturated heterocycles. The number of nitrogens with one attached hydrogen (secondary N) is 1. The van der Waals surface area contributed by atoms with Gasteiger partial charge in [-0.25, -0.2) is 9.37 Å². The number of amides is 1. The number of aliphatic imine (C=N–C) groups is 1. The first-order valence-corrected chi connectivity index (χ1v) is 18.1. The summed E-state index contributed by atoms with van der Waals surface area (Å²) in [5, 5.41) is 0. The first kappa shape index (κ1) is 32.2. The lowest BCUT2D eigenvalue weighted by atomic mass is 9.71. The Kier molecular flexibility index (Phi) is 8.62. The summed E-state index contributed by atoms with van der Waals surface area (Å²) in [5.74, 6) is 0.192. The summed E-state index contributed by atoms with van der Waals surface area (Å²) < 4.78 is 60.7. The molecule has 1 spiro atoms. The van der Waals surface area contributed by atoms with Gasteiger partial charge in [0.25, 0.3) is 10.0 Å². The number of hydrogen-bond donors (Lipinski definition) is 1. The van der Waals surface area contributed by atoms with E-state index in [0.29, 0.717) is 60.5 Å². The van der Waals surface area contributed by atoms with Crippen molar-refractivity contribution in [2.75, 3.05) is 71.6 Å². The van der Waals surface area contributed by atoms with Crippen molar-refractivity contribution in [1.29, 1.82) is 0 Å². The van der Waals surface area contributed by atoms with Crippen LogP contribution < -0.4 is 15.1 Å². The zero-order valence-corrected chi connectivity index (χ0v) is 28.1. The number of nitrogens with zero attached hydrogens (tertiary/aromatic N) is 5. The molecule has 7 rings (SSSR count). The summed E-state index contributed by atoms with van der Waals surface area (Å²) in [4.78, 5) is 25.9. The molecule has 3 unspecified atom stereocenters. The number of likely N-dealkylation sites (tertiary alicyclic amines) is 1. The number of thiazole rings is 1. The minimum absolute atomic E-state index is 0.0652. The van der Waals surface area contributed by atoms with Gasteiger partial charge < -0.3 is 24.0 Å². The van der Waals surface area contributed by atoms with Crippen LogP contribution in [0.5, 0.6) is 5.75 Å². The number of ether oxygens (including phenoxy) is 3. The van der Waals surface area contributed by atoms with Crippen molar-refractivity contribution in [2.24, 2.45) is 21.7 Å². The van der Waals surface area contributed by atoms with Crippen molar-refractivity contribution in [3.63, 3.8) is 0 Å². The predicted molar refractivity (Wildman–Crippen MR) is 176 cm³/mol. The lowest BCUT2D eigenvalue weighted by Crippen LogP contribution is -2.62. The highest BCUT2D eigenvalue weighted by atomic mass is 32.2. The van der Waals surface area contributed by atoms with Crippen LogP contribution in [-0.4, -0.2) is 108 Å². The highest BCUT2D eigenvalue weighted by Gasteiger charge is 2.55. The van der Waals surface area contributed by atoms with Gasteiger partial charge in [0, 0.05) is 49.0 Å². The summed E-state index contributed by atoms with van der Waals surface area (Å²) in [6.07, 6.45) is 3.75. The lowest BCUT2D eigenvalue weighted by molar-refractivity contribution is -0.115. The number of hydrogen-bond acceptors (Lipinski definition) is 11. The third-order valence-corrected chi connectivity index (χ3v) is 12.4. The van der Waals surface area contributed by atoms with Crippen LogP contribution in [-0.2, 0) is 24.3 Å². The van der Waals surface area contributed by atoms with Crippen molar-refractivity contribution in [3.05, 3.63) is 47.7 Å².